The minimum absolute atomic E-state index is 0.00708. The van der Waals surface area contributed by atoms with Gasteiger partial charge < -0.3 is 124 Å². The smallest absolute Gasteiger partial charge is 0.326 e. The van der Waals surface area contributed by atoms with Crippen LogP contribution in [0.2, 0.25) is 0 Å². The number of aliphatic carboxylic acids is 2. The van der Waals surface area contributed by atoms with Crippen molar-refractivity contribution in [2.24, 2.45) is 71.6 Å². The summed E-state index contributed by atoms with van der Waals surface area (Å²) in [5, 5.41) is 55.3. The number of rotatable bonds is 23. The lowest BCUT2D eigenvalue weighted by Gasteiger charge is -2.40. The molecular formula is C60H97N25O16S2. The van der Waals surface area contributed by atoms with Crippen molar-refractivity contribution in [1.82, 2.24) is 63.1 Å². The number of guanidine groups is 4. The first kappa shape index (κ1) is 85.1. The van der Waals surface area contributed by atoms with Crippen molar-refractivity contribution in [1.29, 1.82) is 0 Å². The zero-order valence-electron chi connectivity index (χ0n) is 56.9. The number of hydrogen-bond donors (Lipinski definition) is 23. The number of benzene rings is 1. The number of nitrogens with zero attached hydrogens (tertiary/aromatic N) is 5. The highest BCUT2D eigenvalue weighted by Gasteiger charge is 2.44. The van der Waals surface area contributed by atoms with Gasteiger partial charge in [0, 0.05) is 56.7 Å². The van der Waals surface area contributed by atoms with Gasteiger partial charge in [0.25, 0.3) is 0 Å². The van der Waals surface area contributed by atoms with E-state index in [0.717, 1.165) is 28.0 Å². The van der Waals surface area contributed by atoms with Crippen molar-refractivity contribution < 1.29 is 77.6 Å². The fraction of sp³-hybridized carbons (Fsp3) is 0.583. The Morgan fingerprint density at radius 3 is 1.77 bits per heavy atom. The van der Waals surface area contributed by atoms with Gasteiger partial charge in [0.1, 0.15) is 60.1 Å². The number of H-pyrrole nitrogens is 1. The number of aromatic amines is 1. The first-order valence-corrected chi connectivity index (χ1v) is 35.2. The molecule has 0 bridgehead atoms. The maximum absolute atomic E-state index is 14.9. The molecule has 43 heteroatoms. The van der Waals surface area contributed by atoms with Crippen molar-refractivity contribution >= 4 is 116 Å². The molecule has 1 saturated carbocycles. The van der Waals surface area contributed by atoms with Crippen LogP contribution >= 0.6 is 21.6 Å². The summed E-state index contributed by atoms with van der Waals surface area (Å²) >= 11 is 0. The first-order valence-electron chi connectivity index (χ1n) is 32.9. The van der Waals surface area contributed by atoms with E-state index in [2.05, 4.69) is 83.1 Å². The molecule has 1 fully saturated rings. The Morgan fingerprint density at radius 2 is 1.21 bits per heavy atom. The van der Waals surface area contributed by atoms with Crippen molar-refractivity contribution in [2.75, 3.05) is 52.2 Å². The number of carbonyl (C=O) groups is 12. The van der Waals surface area contributed by atoms with Crippen molar-refractivity contribution in [3.8, 4) is 5.75 Å². The summed E-state index contributed by atoms with van der Waals surface area (Å²) in [7, 11) is 3.55. The van der Waals surface area contributed by atoms with Crippen molar-refractivity contribution in [3.63, 3.8) is 0 Å². The van der Waals surface area contributed by atoms with Crippen LogP contribution in [0.1, 0.15) is 101 Å². The first-order chi connectivity index (χ1) is 48.9. The lowest BCUT2D eigenvalue weighted by molar-refractivity contribution is -0.142. The molecule has 32 N–H and O–H groups in total. The monoisotopic (exact) mass is 1490 g/mol. The van der Waals surface area contributed by atoms with E-state index in [-0.39, 0.29) is 120 Å². The molecule has 2 heterocycles. The number of aromatic nitrogens is 2. The van der Waals surface area contributed by atoms with Gasteiger partial charge >= 0.3 is 11.9 Å². The molecule has 1 aromatic heterocycles. The number of carboxylic acid groups (broad SMARTS) is 2. The number of nitrogens with two attached hydrogens (primary N) is 9. The summed E-state index contributed by atoms with van der Waals surface area (Å²) in [5.41, 5.74) is 53.0. The van der Waals surface area contributed by atoms with Gasteiger partial charge in [0.2, 0.25) is 59.1 Å². The van der Waals surface area contributed by atoms with E-state index in [0.29, 0.717) is 42.7 Å². The molecule has 0 saturated heterocycles. The Hall–Kier alpha value is -10.3. The molecule has 1 aliphatic heterocycles. The number of aliphatic hydroxyl groups excluding tert-OH is 1. The van der Waals surface area contributed by atoms with Crippen LogP contribution in [0.25, 0.3) is 0 Å². The number of amides is 10. The number of methoxy groups -OCH3 is 1. The van der Waals surface area contributed by atoms with Gasteiger partial charge in [-0.1, -0.05) is 53.0 Å². The van der Waals surface area contributed by atoms with Crippen LogP contribution in [0.5, 0.6) is 5.75 Å². The zero-order valence-corrected chi connectivity index (χ0v) is 58.5. The number of ether oxygens (including phenoxy) is 1. The second-order valence-corrected chi connectivity index (χ2v) is 26.8. The van der Waals surface area contributed by atoms with Gasteiger partial charge in [-0.3, -0.25) is 78.0 Å². The van der Waals surface area contributed by atoms with Crippen molar-refractivity contribution in [3.05, 3.63) is 48.0 Å². The van der Waals surface area contributed by atoms with Gasteiger partial charge in [0.15, 0.2) is 23.8 Å². The number of nitrogens with one attached hydrogen (secondary N) is 11. The fourth-order valence-electron chi connectivity index (χ4n) is 10.5. The SMILES string of the molecule is COc1ccc(C[C@@H]2NC(=O)[C@H](CC(=O)O)NC(=O)CNC(=O)[C@H](CCCN=C(N)N)NC(=O)[C@@H](Cc3cnc[nH]3)NC(=O)[C@H](CO)NC(=O)[C@@H](N)CCCN=C(N)NC(=O)[C@H](N)C3(CCCCC3)SSC[C@@H](C(=O)N[C@@H](CCCN=C(N)N)C(=O)O)NC(=O)[C@H](CCCN=C(N)N)NC2=O)cc1. The van der Waals surface area contributed by atoms with Crippen LogP contribution in [0.15, 0.2) is 56.8 Å². The number of aliphatic hydroxyl groups is 1. The maximum atomic E-state index is 14.9. The fourth-order valence-corrected chi connectivity index (χ4v) is 14.0. The van der Waals surface area contributed by atoms with Gasteiger partial charge in [-0.15, -0.1) is 0 Å². The number of hydrogen-bond acceptors (Lipinski definition) is 24. The van der Waals surface area contributed by atoms with E-state index in [1.165, 1.54) is 43.9 Å². The minimum Gasteiger partial charge on any atom is -0.497 e. The Balaban J connectivity index is 1.84. The molecule has 103 heavy (non-hydrogen) atoms. The predicted octanol–water partition coefficient (Wildman–Crippen LogP) is -8.13. The average Bonchev–Trinajstić information content (AvgIpc) is 1.04. The van der Waals surface area contributed by atoms with E-state index >= 15 is 0 Å². The van der Waals surface area contributed by atoms with Crippen LogP contribution in [0.4, 0.5) is 0 Å². The summed E-state index contributed by atoms with van der Waals surface area (Å²) in [6.45, 7) is -2.22. The Labute approximate surface area is 600 Å². The molecule has 0 unspecified atom stereocenters. The molecule has 41 nitrogen and oxygen atoms in total. The van der Waals surface area contributed by atoms with E-state index in [1.807, 2.05) is 0 Å². The molecule has 0 radical (unpaired) electrons. The number of carbonyl (C=O) groups excluding carboxylic acids is 10. The highest BCUT2D eigenvalue weighted by molar-refractivity contribution is 8.77. The van der Waals surface area contributed by atoms with Gasteiger partial charge in [0.05, 0.1) is 43.8 Å². The predicted molar refractivity (Wildman–Crippen MR) is 380 cm³/mol. The molecule has 4 rings (SSSR count). The van der Waals surface area contributed by atoms with Crippen molar-refractivity contribution in [2.45, 2.75) is 168 Å². The summed E-state index contributed by atoms with van der Waals surface area (Å²) in [4.78, 5) is 190. The Kier molecular flexibility index (Phi) is 36.5. The van der Waals surface area contributed by atoms with Crippen LogP contribution in [-0.2, 0) is 70.4 Å². The second-order valence-electron chi connectivity index (χ2n) is 24.0. The molecule has 1 aliphatic carbocycles. The number of imidazole rings is 1. The van der Waals surface area contributed by atoms with Gasteiger partial charge in [-0.2, -0.15) is 0 Å². The standard InChI is InChI=1S/C60H97N25O16S2/c1-101-33-15-13-31(14-16-33)23-38-49(93)79-36(11-7-20-72-57(65)66)48(92)84-42(53(97)80-37(55(99)100)12-8-21-73-58(67)68)29-102-103-60(17-3-2-4-18-60)45(62)54(98)85-59(69)74-22-5-9-34(61)46(90)83-41(28-86)52(96)82-39(24-32-26-70-30-76-32)50(94)78-35(10-6-19-71-56(63)64)47(91)75-27-43(87)77-40(25-44(88)89)51(95)81-38/h13-16,26,30,34-42,45,86H,2-12,17-25,27-29,61-62H2,1H3,(H,70,76)(H,75,91)(H,77,87)(H,78,94)(H,79,93)(H,80,97)(H,81,95)(H,82,96)(H,83,90)(H,84,92)(H,88,89)(H,99,100)(H4,63,64,71)(H4,65,66,72)(H4,67,68,73)(H3,69,74,85,98)/t34-,35-,36-,37-,38-,39+,40-,41-,42-,45-/m0/s1. The highest BCUT2D eigenvalue weighted by Crippen LogP contribution is 2.48. The molecule has 10 atom stereocenters. The normalized spacial score (nSPS) is 23.4. The van der Waals surface area contributed by atoms with E-state index in [1.54, 1.807) is 0 Å². The maximum Gasteiger partial charge on any atom is 0.326 e. The molecular weight excluding hydrogens is 1390 g/mol. The van der Waals surface area contributed by atoms with Crippen LogP contribution in [0.3, 0.4) is 0 Å². The summed E-state index contributed by atoms with van der Waals surface area (Å²) in [5.74, 6) is -14.5. The number of aliphatic imine (C=N–C) groups is 4. The molecule has 1 spiro atoms. The lowest BCUT2D eigenvalue weighted by atomic mass is 9.83. The third-order valence-electron chi connectivity index (χ3n) is 16.0. The zero-order chi connectivity index (χ0) is 76.2. The van der Waals surface area contributed by atoms with Gasteiger partial charge in [-0.05, 0) is 81.9 Å². The topological polar surface area (TPSA) is 707 Å². The highest BCUT2D eigenvalue weighted by atomic mass is 33.1. The quantitative estimate of drug-likeness (QED) is 0.0213. The Morgan fingerprint density at radius 1 is 0.670 bits per heavy atom. The van der Waals surface area contributed by atoms with Crippen LogP contribution in [0, 0.1) is 0 Å². The molecule has 1 aromatic carbocycles. The van der Waals surface area contributed by atoms with Crippen LogP contribution < -0.4 is 110 Å². The van der Waals surface area contributed by atoms with E-state index < -0.39 is 156 Å². The molecule has 2 aliphatic rings. The van der Waals surface area contributed by atoms with E-state index in [4.69, 9.17) is 56.3 Å². The Bertz CT molecular complexity index is 3310. The summed E-state index contributed by atoms with van der Waals surface area (Å²) in [6, 6.07) is -9.74. The summed E-state index contributed by atoms with van der Waals surface area (Å²) in [6.07, 6.45) is 3.02. The third kappa shape index (κ3) is 30.8. The van der Waals surface area contributed by atoms with E-state index in [9.17, 15) is 72.9 Å². The second kappa shape index (κ2) is 44.2. The molecule has 2 aromatic rings. The molecule has 570 valence electrons. The van der Waals surface area contributed by atoms with Crippen LogP contribution in [-0.4, -0.2) is 237 Å². The molecule has 10 amide bonds. The minimum atomic E-state index is -1.99. The largest absolute Gasteiger partial charge is 0.497 e. The lowest BCUT2D eigenvalue weighted by Crippen LogP contribution is -2.60. The van der Waals surface area contributed by atoms with Gasteiger partial charge in [-0.25, -0.2) is 9.78 Å². The summed E-state index contributed by atoms with van der Waals surface area (Å²) < 4.78 is 4.24. The third-order valence-corrected chi connectivity index (χ3v) is 19.4. The number of carboxylic acids is 2. The average molecular weight is 1490 g/mol.